The SMILES string of the molecule is CCNC(=O)c1ccc(NC2CCCc3c2ccc(CC(=O)SCCC2CCSC2)c3N)cc1. The van der Waals surface area contributed by atoms with Crippen molar-refractivity contribution in [3.63, 3.8) is 0 Å². The number of thioether (sulfide) groups is 2. The lowest BCUT2D eigenvalue weighted by Crippen LogP contribution is -2.22. The van der Waals surface area contributed by atoms with Crippen molar-refractivity contribution in [3.8, 4) is 0 Å². The van der Waals surface area contributed by atoms with Crippen LogP contribution in [0.3, 0.4) is 0 Å². The quantitative estimate of drug-likeness (QED) is 0.399. The third-order valence-corrected chi connectivity index (χ3v) is 8.89. The van der Waals surface area contributed by atoms with Gasteiger partial charge in [0.25, 0.3) is 5.91 Å². The van der Waals surface area contributed by atoms with E-state index in [0.29, 0.717) is 18.5 Å². The van der Waals surface area contributed by atoms with Gasteiger partial charge in [-0.05, 0) is 97.4 Å². The van der Waals surface area contributed by atoms with E-state index < -0.39 is 0 Å². The minimum absolute atomic E-state index is 0.0531. The molecule has 1 amide bonds. The number of rotatable bonds is 9. The van der Waals surface area contributed by atoms with Crippen LogP contribution in [0.2, 0.25) is 0 Å². The van der Waals surface area contributed by atoms with E-state index in [-0.39, 0.29) is 17.1 Å². The molecular weight excluding hydrogens is 462 g/mol. The Hall–Kier alpha value is -2.12. The maximum atomic E-state index is 12.6. The monoisotopic (exact) mass is 497 g/mol. The number of fused-ring (bicyclic) bond motifs is 1. The summed E-state index contributed by atoms with van der Waals surface area (Å²) in [5, 5.41) is 6.66. The highest BCUT2D eigenvalue weighted by Gasteiger charge is 2.24. The van der Waals surface area contributed by atoms with Crippen LogP contribution in [-0.4, -0.2) is 34.8 Å². The van der Waals surface area contributed by atoms with Gasteiger partial charge in [0, 0.05) is 35.7 Å². The number of hydrogen-bond donors (Lipinski definition) is 3. The molecule has 1 fully saturated rings. The first-order chi connectivity index (χ1) is 16.5. The van der Waals surface area contributed by atoms with Crippen molar-refractivity contribution in [2.24, 2.45) is 5.92 Å². The Balaban J connectivity index is 1.37. The van der Waals surface area contributed by atoms with E-state index >= 15 is 0 Å². The van der Waals surface area contributed by atoms with E-state index in [9.17, 15) is 9.59 Å². The van der Waals surface area contributed by atoms with Gasteiger partial charge in [0.1, 0.15) is 0 Å². The molecule has 1 heterocycles. The molecule has 1 saturated heterocycles. The molecule has 2 unspecified atom stereocenters. The number of carbonyl (C=O) groups is 2. The van der Waals surface area contributed by atoms with E-state index in [0.717, 1.165) is 54.3 Å². The first-order valence-electron chi connectivity index (χ1n) is 12.3. The predicted octanol–water partition coefficient (Wildman–Crippen LogP) is 5.45. The van der Waals surface area contributed by atoms with Crippen molar-refractivity contribution in [1.29, 1.82) is 0 Å². The van der Waals surface area contributed by atoms with Crippen LogP contribution in [0.15, 0.2) is 36.4 Å². The topological polar surface area (TPSA) is 84.2 Å². The van der Waals surface area contributed by atoms with Crippen molar-refractivity contribution in [1.82, 2.24) is 5.32 Å². The minimum atomic E-state index is -0.0531. The average Bonchev–Trinajstić information content (AvgIpc) is 3.35. The lowest BCUT2D eigenvalue weighted by atomic mass is 9.84. The van der Waals surface area contributed by atoms with Crippen LogP contribution in [0.25, 0.3) is 0 Å². The molecule has 34 heavy (non-hydrogen) atoms. The lowest BCUT2D eigenvalue weighted by Gasteiger charge is -2.29. The summed E-state index contributed by atoms with van der Waals surface area (Å²) in [5.74, 6) is 4.17. The fourth-order valence-electron chi connectivity index (χ4n) is 4.82. The van der Waals surface area contributed by atoms with Gasteiger partial charge in [0.15, 0.2) is 5.12 Å². The molecule has 1 aliphatic carbocycles. The first-order valence-corrected chi connectivity index (χ1v) is 14.5. The average molecular weight is 498 g/mol. The van der Waals surface area contributed by atoms with Crippen molar-refractivity contribution in [3.05, 3.63) is 58.7 Å². The van der Waals surface area contributed by atoms with Crippen LogP contribution < -0.4 is 16.4 Å². The molecule has 2 aromatic carbocycles. The van der Waals surface area contributed by atoms with Gasteiger partial charge in [-0.3, -0.25) is 9.59 Å². The molecule has 0 bridgehead atoms. The van der Waals surface area contributed by atoms with E-state index in [1.54, 1.807) is 0 Å². The molecule has 0 saturated carbocycles. The number of nitrogens with two attached hydrogens (primary N) is 1. The second-order valence-corrected chi connectivity index (χ2v) is 11.4. The Morgan fingerprint density at radius 3 is 2.71 bits per heavy atom. The molecule has 4 rings (SSSR count). The largest absolute Gasteiger partial charge is 0.398 e. The molecule has 182 valence electrons. The number of nitrogens with one attached hydrogen (secondary N) is 2. The molecule has 2 aliphatic rings. The van der Waals surface area contributed by atoms with E-state index in [2.05, 4.69) is 16.7 Å². The number of nitrogen functional groups attached to an aromatic ring is 1. The second-order valence-electron chi connectivity index (χ2n) is 9.15. The number of anilines is 2. The predicted molar refractivity (Wildman–Crippen MR) is 146 cm³/mol. The van der Waals surface area contributed by atoms with Gasteiger partial charge in [0.05, 0.1) is 6.04 Å². The Morgan fingerprint density at radius 2 is 1.97 bits per heavy atom. The fourth-order valence-corrected chi connectivity index (χ4v) is 7.09. The van der Waals surface area contributed by atoms with Gasteiger partial charge in [-0.1, -0.05) is 23.9 Å². The fraction of sp³-hybridized carbons (Fsp3) is 0.481. The van der Waals surface area contributed by atoms with Crippen LogP contribution in [0.5, 0.6) is 0 Å². The van der Waals surface area contributed by atoms with Crippen molar-refractivity contribution < 1.29 is 9.59 Å². The Bertz CT molecular complexity index is 1000. The van der Waals surface area contributed by atoms with Crippen molar-refractivity contribution in [2.75, 3.05) is 34.9 Å². The number of hydrogen-bond acceptors (Lipinski definition) is 6. The molecule has 4 N–H and O–H groups in total. The standard InChI is InChI=1S/C27H35N3O2S2/c1-2-29-27(32)19-6-9-21(10-7-19)30-24-5-3-4-23-22(24)11-8-20(26(23)28)16-25(31)34-15-13-18-12-14-33-17-18/h6-11,18,24,30H,2-5,12-17,28H2,1H3,(H,29,32). The molecule has 2 aromatic rings. The third-order valence-electron chi connectivity index (χ3n) is 6.75. The van der Waals surface area contributed by atoms with Gasteiger partial charge >= 0.3 is 0 Å². The third kappa shape index (κ3) is 6.30. The minimum Gasteiger partial charge on any atom is -0.398 e. The Kier molecular flexibility index (Phi) is 8.84. The molecular formula is C27H35N3O2S2. The van der Waals surface area contributed by atoms with Crippen LogP contribution in [-0.2, 0) is 17.6 Å². The van der Waals surface area contributed by atoms with Gasteiger partial charge in [-0.15, -0.1) is 0 Å². The normalized spacial score (nSPS) is 19.4. The van der Waals surface area contributed by atoms with Crippen LogP contribution in [0, 0.1) is 5.92 Å². The van der Waals surface area contributed by atoms with Crippen LogP contribution in [0.1, 0.15) is 65.7 Å². The Labute approximate surface area is 211 Å². The summed E-state index contributed by atoms with van der Waals surface area (Å²) in [6, 6.07) is 12.0. The summed E-state index contributed by atoms with van der Waals surface area (Å²) in [6.07, 6.45) is 5.87. The summed E-state index contributed by atoms with van der Waals surface area (Å²) >= 11 is 3.50. The molecule has 2 atom stereocenters. The summed E-state index contributed by atoms with van der Waals surface area (Å²) in [7, 11) is 0. The number of benzene rings is 2. The van der Waals surface area contributed by atoms with E-state index in [1.807, 2.05) is 49.0 Å². The van der Waals surface area contributed by atoms with Gasteiger partial charge in [0.2, 0.25) is 0 Å². The van der Waals surface area contributed by atoms with Crippen molar-refractivity contribution in [2.45, 2.75) is 51.5 Å². The maximum Gasteiger partial charge on any atom is 0.251 e. The molecule has 0 spiro atoms. The lowest BCUT2D eigenvalue weighted by molar-refractivity contribution is -0.110. The zero-order chi connectivity index (χ0) is 23.9. The number of amides is 1. The van der Waals surface area contributed by atoms with Crippen molar-refractivity contribution >= 4 is 45.9 Å². The highest BCUT2D eigenvalue weighted by atomic mass is 32.2. The summed E-state index contributed by atoms with van der Waals surface area (Å²) < 4.78 is 0. The Morgan fingerprint density at radius 1 is 1.15 bits per heavy atom. The zero-order valence-corrected chi connectivity index (χ0v) is 21.5. The van der Waals surface area contributed by atoms with Gasteiger partial charge < -0.3 is 16.4 Å². The molecule has 0 radical (unpaired) electrons. The van der Waals surface area contributed by atoms with Gasteiger partial charge in [-0.2, -0.15) is 11.8 Å². The highest BCUT2D eigenvalue weighted by Crippen LogP contribution is 2.37. The van der Waals surface area contributed by atoms with Gasteiger partial charge in [-0.25, -0.2) is 0 Å². The summed E-state index contributed by atoms with van der Waals surface area (Å²) in [6.45, 7) is 2.53. The molecule has 0 aromatic heterocycles. The number of carbonyl (C=O) groups excluding carboxylic acids is 2. The maximum absolute atomic E-state index is 12.6. The highest BCUT2D eigenvalue weighted by molar-refractivity contribution is 8.13. The first kappa shape index (κ1) is 25.0. The zero-order valence-electron chi connectivity index (χ0n) is 19.9. The summed E-state index contributed by atoms with van der Waals surface area (Å²) in [5.41, 5.74) is 12.4. The molecule has 1 aliphatic heterocycles. The smallest absolute Gasteiger partial charge is 0.251 e. The van der Waals surface area contributed by atoms with E-state index in [4.69, 9.17) is 5.73 Å². The summed E-state index contributed by atoms with van der Waals surface area (Å²) in [4.78, 5) is 24.6. The second kappa shape index (κ2) is 12.0. The molecule has 7 heteroatoms. The van der Waals surface area contributed by atoms with Crippen LogP contribution >= 0.6 is 23.5 Å². The van der Waals surface area contributed by atoms with E-state index in [1.165, 1.54) is 40.8 Å². The molecule has 5 nitrogen and oxygen atoms in total. The van der Waals surface area contributed by atoms with Crippen LogP contribution in [0.4, 0.5) is 11.4 Å².